The lowest BCUT2D eigenvalue weighted by molar-refractivity contribution is 0.198. The van der Waals surface area contributed by atoms with Crippen LogP contribution >= 0.6 is 0 Å². The van der Waals surface area contributed by atoms with E-state index < -0.39 is 7.12 Å². The average Bonchev–Trinajstić information content (AvgIpc) is 2.76. The molecular formula is C12H18BNO5. The van der Waals surface area contributed by atoms with Crippen LogP contribution in [0.25, 0.3) is 0 Å². The number of hydrogen-bond donors (Lipinski definition) is 3. The van der Waals surface area contributed by atoms with Crippen molar-refractivity contribution in [2.75, 3.05) is 26.9 Å². The molecule has 1 unspecified atom stereocenters. The maximum atomic E-state index is 9.98. The predicted octanol–water partition coefficient (Wildman–Crippen LogP) is -0.826. The Bertz CT molecular complexity index is 442. The van der Waals surface area contributed by atoms with Crippen LogP contribution in [0, 0.1) is 0 Å². The van der Waals surface area contributed by atoms with Crippen LogP contribution in [0.5, 0.6) is 11.5 Å². The van der Waals surface area contributed by atoms with Gasteiger partial charge in [0.25, 0.3) is 0 Å². The Morgan fingerprint density at radius 1 is 1.47 bits per heavy atom. The van der Waals surface area contributed by atoms with E-state index in [1.54, 1.807) is 6.07 Å². The van der Waals surface area contributed by atoms with Gasteiger partial charge in [-0.3, -0.25) is 0 Å². The van der Waals surface area contributed by atoms with Crippen molar-refractivity contribution in [3.05, 3.63) is 17.7 Å². The summed E-state index contributed by atoms with van der Waals surface area (Å²) in [4.78, 5) is 0. The van der Waals surface area contributed by atoms with E-state index in [4.69, 9.17) is 25.0 Å². The number of benzene rings is 1. The summed E-state index contributed by atoms with van der Waals surface area (Å²) in [6.45, 7) is 0.664. The first-order valence-electron chi connectivity index (χ1n) is 6.21. The lowest BCUT2D eigenvalue weighted by atomic mass is 9.78. The Balaban J connectivity index is 2.35. The van der Waals surface area contributed by atoms with Gasteiger partial charge in [-0.1, -0.05) is 6.07 Å². The van der Waals surface area contributed by atoms with E-state index >= 15 is 0 Å². The lowest BCUT2D eigenvalue weighted by Gasteiger charge is -2.15. The standard InChI is InChI=1S/C12H18BNO5/c1-17-9-4-3-8-10(7-14)19-13(16)11(8)12(9)18-6-2-5-15/h3-4,10,15-16H,2,5-7,14H2,1H3. The molecule has 1 aliphatic heterocycles. The van der Waals surface area contributed by atoms with Crippen molar-refractivity contribution >= 4 is 12.6 Å². The zero-order chi connectivity index (χ0) is 13.8. The summed E-state index contributed by atoms with van der Waals surface area (Å²) in [5, 5.41) is 18.8. The number of nitrogens with two attached hydrogens (primary N) is 1. The molecule has 0 aromatic heterocycles. The van der Waals surface area contributed by atoms with Gasteiger partial charge in [0.05, 0.1) is 19.8 Å². The molecule has 4 N–H and O–H groups in total. The van der Waals surface area contributed by atoms with Gasteiger partial charge in [0, 0.05) is 25.0 Å². The predicted molar refractivity (Wildman–Crippen MR) is 70.7 cm³/mol. The summed E-state index contributed by atoms with van der Waals surface area (Å²) >= 11 is 0. The van der Waals surface area contributed by atoms with Gasteiger partial charge in [0.15, 0.2) is 11.5 Å². The zero-order valence-electron chi connectivity index (χ0n) is 10.8. The number of rotatable bonds is 6. The molecule has 0 aliphatic carbocycles. The molecule has 0 spiro atoms. The number of methoxy groups -OCH3 is 1. The van der Waals surface area contributed by atoms with Gasteiger partial charge in [-0.2, -0.15) is 0 Å². The number of aliphatic hydroxyl groups excluding tert-OH is 1. The number of ether oxygens (including phenoxy) is 2. The summed E-state index contributed by atoms with van der Waals surface area (Å²) in [7, 11) is 0.464. The molecule has 1 aromatic rings. The van der Waals surface area contributed by atoms with Gasteiger partial charge in [0.2, 0.25) is 0 Å². The monoisotopic (exact) mass is 267 g/mol. The van der Waals surface area contributed by atoms with E-state index in [0.29, 0.717) is 30.0 Å². The first-order valence-corrected chi connectivity index (χ1v) is 6.21. The van der Waals surface area contributed by atoms with Crippen molar-refractivity contribution in [3.63, 3.8) is 0 Å². The molecule has 0 amide bonds. The third-order valence-electron chi connectivity index (χ3n) is 3.06. The van der Waals surface area contributed by atoms with Crippen LogP contribution in [0.2, 0.25) is 0 Å². The van der Waals surface area contributed by atoms with Crippen LogP contribution in [-0.2, 0) is 4.65 Å². The Kier molecular flexibility index (Phi) is 4.65. The average molecular weight is 267 g/mol. The highest BCUT2D eigenvalue weighted by Crippen LogP contribution is 2.33. The molecule has 104 valence electrons. The summed E-state index contributed by atoms with van der Waals surface area (Å²) in [6.07, 6.45) is 0.167. The molecule has 1 atom stereocenters. The van der Waals surface area contributed by atoms with Gasteiger partial charge < -0.3 is 30.0 Å². The van der Waals surface area contributed by atoms with Crippen molar-refractivity contribution in [1.82, 2.24) is 0 Å². The second-order valence-corrected chi connectivity index (χ2v) is 4.24. The number of hydrogen-bond acceptors (Lipinski definition) is 6. The highest BCUT2D eigenvalue weighted by atomic mass is 16.5. The second kappa shape index (κ2) is 6.25. The van der Waals surface area contributed by atoms with Crippen molar-refractivity contribution in [2.24, 2.45) is 5.73 Å². The molecule has 0 saturated heterocycles. The maximum absolute atomic E-state index is 9.98. The molecule has 0 saturated carbocycles. The fourth-order valence-corrected chi connectivity index (χ4v) is 2.16. The number of aliphatic hydroxyl groups is 1. The first-order chi connectivity index (χ1) is 9.22. The third kappa shape index (κ3) is 2.69. The quantitative estimate of drug-likeness (QED) is 0.460. The Labute approximate surface area is 112 Å². The molecule has 2 rings (SSSR count). The summed E-state index contributed by atoms with van der Waals surface area (Å²) in [5.41, 5.74) is 6.99. The second-order valence-electron chi connectivity index (χ2n) is 4.24. The highest BCUT2D eigenvalue weighted by Gasteiger charge is 2.38. The summed E-state index contributed by atoms with van der Waals surface area (Å²) in [5.74, 6) is 0.980. The first kappa shape index (κ1) is 14.1. The van der Waals surface area contributed by atoms with E-state index in [0.717, 1.165) is 5.56 Å². The normalized spacial score (nSPS) is 17.5. The van der Waals surface area contributed by atoms with Gasteiger partial charge in [0.1, 0.15) is 0 Å². The van der Waals surface area contributed by atoms with Crippen LogP contribution in [0.4, 0.5) is 0 Å². The van der Waals surface area contributed by atoms with Crippen LogP contribution in [0.3, 0.4) is 0 Å². The largest absolute Gasteiger partial charge is 0.496 e. The van der Waals surface area contributed by atoms with Crippen molar-refractivity contribution in [2.45, 2.75) is 12.5 Å². The molecule has 1 aromatic carbocycles. The molecule has 19 heavy (non-hydrogen) atoms. The van der Waals surface area contributed by atoms with Gasteiger partial charge >= 0.3 is 7.12 Å². The Morgan fingerprint density at radius 2 is 2.26 bits per heavy atom. The molecule has 6 nitrogen and oxygen atoms in total. The van der Waals surface area contributed by atoms with Gasteiger partial charge in [-0.05, 0) is 11.6 Å². The van der Waals surface area contributed by atoms with E-state index in [2.05, 4.69) is 0 Å². The topological polar surface area (TPSA) is 94.2 Å². The van der Waals surface area contributed by atoms with Crippen LogP contribution < -0.4 is 20.7 Å². The van der Waals surface area contributed by atoms with E-state index in [1.807, 2.05) is 6.07 Å². The van der Waals surface area contributed by atoms with E-state index in [9.17, 15) is 5.02 Å². The summed E-state index contributed by atoms with van der Waals surface area (Å²) in [6, 6.07) is 3.58. The fourth-order valence-electron chi connectivity index (χ4n) is 2.16. The van der Waals surface area contributed by atoms with Crippen LogP contribution in [0.15, 0.2) is 12.1 Å². The molecular weight excluding hydrogens is 249 g/mol. The van der Waals surface area contributed by atoms with Crippen molar-refractivity contribution in [3.8, 4) is 11.5 Å². The fraction of sp³-hybridized carbons (Fsp3) is 0.500. The highest BCUT2D eigenvalue weighted by molar-refractivity contribution is 6.63. The Morgan fingerprint density at radius 3 is 2.89 bits per heavy atom. The van der Waals surface area contributed by atoms with Gasteiger partial charge in [-0.25, -0.2) is 0 Å². The smallest absolute Gasteiger partial charge is 0.493 e. The third-order valence-corrected chi connectivity index (χ3v) is 3.06. The zero-order valence-corrected chi connectivity index (χ0v) is 10.8. The molecule has 0 bridgehead atoms. The van der Waals surface area contributed by atoms with Crippen molar-refractivity contribution in [1.29, 1.82) is 0 Å². The molecule has 1 heterocycles. The molecule has 7 heteroatoms. The van der Waals surface area contributed by atoms with Crippen LogP contribution in [-0.4, -0.2) is 44.1 Å². The van der Waals surface area contributed by atoms with Gasteiger partial charge in [-0.15, -0.1) is 0 Å². The SMILES string of the molecule is COc1ccc2c(c1OCCCO)B(O)OC2CN. The summed E-state index contributed by atoms with van der Waals surface area (Å²) < 4.78 is 16.2. The minimum Gasteiger partial charge on any atom is -0.493 e. The van der Waals surface area contributed by atoms with E-state index in [1.165, 1.54) is 7.11 Å². The van der Waals surface area contributed by atoms with Crippen molar-refractivity contribution < 1.29 is 24.3 Å². The Hall–Kier alpha value is -1.28. The minimum absolute atomic E-state index is 0.0435. The van der Waals surface area contributed by atoms with E-state index in [-0.39, 0.29) is 19.3 Å². The minimum atomic E-state index is -1.07. The maximum Gasteiger partial charge on any atom is 0.496 e. The molecule has 0 fully saturated rings. The number of fused-ring (bicyclic) bond motifs is 1. The lowest BCUT2D eigenvalue weighted by Crippen LogP contribution is -2.30. The van der Waals surface area contributed by atoms with Crippen LogP contribution in [0.1, 0.15) is 18.1 Å². The molecule has 0 radical (unpaired) electrons. The molecule has 1 aliphatic rings.